The first-order chi connectivity index (χ1) is 14.3. The van der Waals surface area contributed by atoms with Gasteiger partial charge in [0.25, 0.3) is 11.5 Å². The largest absolute Gasteiger partial charge is 0.505 e. The number of hydrogen-bond donors (Lipinski definition) is 2. The molecule has 2 N–H and O–H groups in total. The van der Waals surface area contributed by atoms with Crippen molar-refractivity contribution in [3.05, 3.63) is 80.6 Å². The molecule has 10 heteroatoms. The number of fused-ring (bicyclic) bond motifs is 1. The van der Waals surface area contributed by atoms with Gasteiger partial charge in [0.1, 0.15) is 0 Å². The van der Waals surface area contributed by atoms with Gasteiger partial charge in [0.2, 0.25) is 0 Å². The summed E-state index contributed by atoms with van der Waals surface area (Å²) in [6, 6.07) is 9.37. The zero-order valence-corrected chi connectivity index (χ0v) is 17.1. The second-order valence-corrected chi connectivity index (χ2v) is 7.42. The molecule has 1 amide bonds. The first-order valence-electron chi connectivity index (χ1n) is 8.79. The van der Waals surface area contributed by atoms with Crippen molar-refractivity contribution in [2.45, 2.75) is 6.54 Å². The first-order valence-corrected chi connectivity index (χ1v) is 9.55. The van der Waals surface area contributed by atoms with E-state index in [1.807, 2.05) is 6.07 Å². The number of nitrogens with zero attached hydrogens (tertiary/aromatic N) is 4. The summed E-state index contributed by atoms with van der Waals surface area (Å²) in [4.78, 5) is 30.1. The van der Waals surface area contributed by atoms with E-state index < -0.39 is 5.91 Å². The number of aromatic hydroxyl groups is 1. The van der Waals surface area contributed by atoms with E-state index in [4.69, 9.17) is 23.2 Å². The molecular weight excluding hydrogens is 429 g/mol. The van der Waals surface area contributed by atoms with Gasteiger partial charge in [0.05, 0.1) is 45.2 Å². The highest BCUT2D eigenvalue weighted by atomic mass is 35.5. The molecule has 0 radical (unpaired) electrons. The minimum absolute atomic E-state index is 0.0510. The third-order valence-electron chi connectivity index (χ3n) is 4.48. The Bertz CT molecular complexity index is 1320. The average Bonchev–Trinajstić information content (AvgIpc) is 3.12. The Morgan fingerprint density at radius 3 is 2.60 bits per heavy atom. The molecule has 4 aromatic rings. The van der Waals surface area contributed by atoms with Crippen molar-refractivity contribution >= 4 is 45.7 Å². The van der Waals surface area contributed by atoms with Gasteiger partial charge in [-0.1, -0.05) is 29.3 Å². The molecule has 2 aromatic heterocycles. The smallest absolute Gasteiger partial charge is 0.263 e. The van der Waals surface area contributed by atoms with Gasteiger partial charge in [-0.05, 0) is 30.3 Å². The van der Waals surface area contributed by atoms with Crippen molar-refractivity contribution in [1.29, 1.82) is 0 Å². The van der Waals surface area contributed by atoms with Crippen molar-refractivity contribution < 1.29 is 9.90 Å². The van der Waals surface area contributed by atoms with Crippen LogP contribution in [0.2, 0.25) is 10.0 Å². The molecule has 0 saturated carbocycles. The van der Waals surface area contributed by atoms with Crippen LogP contribution >= 0.6 is 23.2 Å². The Hall–Kier alpha value is -3.36. The van der Waals surface area contributed by atoms with E-state index in [9.17, 15) is 14.7 Å². The predicted octanol–water partition coefficient (Wildman–Crippen LogP) is 3.44. The maximum atomic E-state index is 13.1. The van der Waals surface area contributed by atoms with Crippen LogP contribution in [0.25, 0.3) is 10.9 Å². The number of rotatable bonds is 4. The molecule has 2 heterocycles. The summed E-state index contributed by atoms with van der Waals surface area (Å²) in [6.45, 7) is 0.244. The molecule has 0 unspecified atom stereocenters. The lowest BCUT2D eigenvalue weighted by Gasteiger charge is -2.11. The van der Waals surface area contributed by atoms with E-state index in [2.05, 4.69) is 15.4 Å². The topological polar surface area (TPSA) is 102 Å². The number of aromatic nitrogens is 4. The monoisotopic (exact) mass is 443 g/mol. The number of phenolic OH excluding ortho intramolecular Hbond substituents is 1. The van der Waals surface area contributed by atoms with E-state index in [1.54, 1.807) is 36.1 Å². The fraction of sp³-hybridized carbons (Fsp3) is 0.100. The molecule has 4 rings (SSSR count). The van der Waals surface area contributed by atoms with Crippen LogP contribution in [-0.2, 0) is 13.6 Å². The lowest BCUT2D eigenvalue weighted by Crippen LogP contribution is -2.23. The summed E-state index contributed by atoms with van der Waals surface area (Å²) >= 11 is 11.8. The summed E-state index contributed by atoms with van der Waals surface area (Å²) in [5, 5.41) is 16.8. The lowest BCUT2D eigenvalue weighted by atomic mass is 10.1. The minimum Gasteiger partial charge on any atom is -0.505 e. The van der Waals surface area contributed by atoms with Crippen LogP contribution in [0.3, 0.4) is 0 Å². The number of halogens is 2. The number of phenols is 1. The van der Waals surface area contributed by atoms with Crippen LogP contribution in [0.15, 0.2) is 53.7 Å². The number of benzene rings is 2. The van der Waals surface area contributed by atoms with Crippen LogP contribution in [0.1, 0.15) is 16.1 Å². The molecular formula is C20H15Cl2N5O3. The number of carbonyl (C=O) groups excluding carboxylic acids is 1. The fourth-order valence-electron chi connectivity index (χ4n) is 3.03. The summed E-state index contributed by atoms with van der Waals surface area (Å²) in [5.74, 6) is -0.840. The SMILES string of the molecule is Cn1ccc(Cn2cnc3cccc(NC(=O)c4cc(Cl)c(O)c(Cl)c4)c3c2=O)n1. The van der Waals surface area contributed by atoms with Gasteiger partial charge in [-0.2, -0.15) is 5.10 Å². The molecule has 0 aliphatic rings. The molecule has 30 heavy (non-hydrogen) atoms. The minimum atomic E-state index is -0.536. The van der Waals surface area contributed by atoms with Gasteiger partial charge in [0.15, 0.2) is 5.75 Å². The van der Waals surface area contributed by atoms with Gasteiger partial charge in [-0.3, -0.25) is 18.8 Å². The Balaban J connectivity index is 1.73. The summed E-state index contributed by atoms with van der Waals surface area (Å²) in [7, 11) is 1.79. The number of nitrogens with one attached hydrogen (secondary N) is 1. The van der Waals surface area contributed by atoms with Gasteiger partial charge < -0.3 is 10.4 Å². The standard InChI is InChI=1S/C20H15Cl2N5O3/c1-26-6-5-12(25-26)9-27-10-23-15-3-2-4-16(17(15)20(27)30)24-19(29)11-7-13(21)18(28)14(22)8-11/h2-8,10,28H,9H2,1H3,(H,24,29). The van der Waals surface area contributed by atoms with Crippen molar-refractivity contribution in [2.24, 2.45) is 7.05 Å². The highest BCUT2D eigenvalue weighted by molar-refractivity contribution is 6.37. The molecule has 0 atom stereocenters. The summed E-state index contributed by atoms with van der Waals surface area (Å²) in [5.41, 5.74) is 1.26. The molecule has 0 aliphatic carbocycles. The maximum absolute atomic E-state index is 13.1. The number of aryl methyl sites for hydroxylation is 1. The molecule has 0 spiro atoms. The van der Waals surface area contributed by atoms with Crippen molar-refractivity contribution in [3.8, 4) is 5.75 Å². The molecule has 152 valence electrons. The van der Waals surface area contributed by atoms with Crippen molar-refractivity contribution in [2.75, 3.05) is 5.32 Å². The van der Waals surface area contributed by atoms with E-state index in [0.717, 1.165) is 0 Å². The number of carbonyl (C=O) groups is 1. The fourth-order valence-corrected chi connectivity index (χ4v) is 3.52. The molecule has 8 nitrogen and oxygen atoms in total. The second-order valence-electron chi connectivity index (χ2n) is 6.60. The zero-order valence-electron chi connectivity index (χ0n) is 15.6. The second kappa shape index (κ2) is 7.81. The van der Waals surface area contributed by atoms with Crippen molar-refractivity contribution in [1.82, 2.24) is 19.3 Å². The normalized spacial score (nSPS) is 11.0. The highest BCUT2D eigenvalue weighted by Gasteiger charge is 2.16. The van der Waals surface area contributed by atoms with Crippen LogP contribution in [0, 0.1) is 0 Å². The number of anilines is 1. The number of amides is 1. The maximum Gasteiger partial charge on any atom is 0.263 e. The lowest BCUT2D eigenvalue weighted by molar-refractivity contribution is 0.102. The van der Waals surface area contributed by atoms with E-state index in [0.29, 0.717) is 16.9 Å². The zero-order chi connectivity index (χ0) is 21.4. The van der Waals surface area contributed by atoms with E-state index in [1.165, 1.54) is 23.0 Å². The van der Waals surface area contributed by atoms with E-state index in [-0.39, 0.29) is 38.8 Å². The van der Waals surface area contributed by atoms with Gasteiger partial charge in [-0.15, -0.1) is 0 Å². The quantitative estimate of drug-likeness (QED) is 0.502. The van der Waals surface area contributed by atoms with E-state index >= 15 is 0 Å². The molecule has 0 saturated heterocycles. The third-order valence-corrected chi connectivity index (χ3v) is 5.06. The molecule has 0 bridgehead atoms. The summed E-state index contributed by atoms with van der Waals surface area (Å²) < 4.78 is 3.07. The van der Waals surface area contributed by atoms with Crippen LogP contribution < -0.4 is 10.9 Å². The molecule has 2 aromatic carbocycles. The van der Waals surface area contributed by atoms with Crippen molar-refractivity contribution in [3.63, 3.8) is 0 Å². The average molecular weight is 444 g/mol. The van der Waals surface area contributed by atoms with Gasteiger partial charge in [-0.25, -0.2) is 4.98 Å². The van der Waals surface area contributed by atoms with Crippen LogP contribution in [0.5, 0.6) is 5.75 Å². The Kier molecular flexibility index (Phi) is 5.19. The Labute approximate surface area is 180 Å². The third kappa shape index (κ3) is 3.74. The summed E-state index contributed by atoms with van der Waals surface area (Å²) in [6.07, 6.45) is 3.24. The van der Waals surface area contributed by atoms with Gasteiger partial charge in [0, 0.05) is 18.8 Å². The number of hydrogen-bond acceptors (Lipinski definition) is 5. The molecule has 0 fully saturated rings. The van der Waals surface area contributed by atoms with Crippen LogP contribution in [0.4, 0.5) is 5.69 Å². The Morgan fingerprint density at radius 2 is 1.93 bits per heavy atom. The predicted molar refractivity (Wildman–Crippen MR) is 114 cm³/mol. The first kappa shape index (κ1) is 19.9. The highest BCUT2D eigenvalue weighted by Crippen LogP contribution is 2.33. The molecule has 0 aliphatic heterocycles. The van der Waals surface area contributed by atoms with Crippen LogP contribution in [-0.4, -0.2) is 30.3 Å². The van der Waals surface area contributed by atoms with Gasteiger partial charge >= 0.3 is 0 Å². The Morgan fingerprint density at radius 1 is 1.20 bits per heavy atom.